The fourth-order valence-electron chi connectivity index (χ4n) is 2.43. The van der Waals surface area contributed by atoms with E-state index in [1.807, 2.05) is 36.4 Å². The van der Waals surface area contributed by atoms with Crippen LogP contribution in [0.3, 0.4) is 0 Å². The summed E-state index contributed by atoms with van der Waals surface area (Å²) in [5, 5.41) is 14.5. The van der Waals surface area contributed by atoms with E-state index in [0.717, 1.165) is 10.8 Å². The van der Waals surface area contributed by atoms with E-state index >= 15 is 0 Å². The van der Waals surface area contributed by atoms with Gasteiger partial charge in [-0.15, -0.1) is 0 Å². The predicted molar refractivity (Wildman–Crippen MR) is 90.8 cm³/mol. The maximum atomic E-state index is 12.4. The molecule has 0 heterocycles. The number of hydrogen-bond donors (Lipinski definition) is 1. The van der Waals surface area contributed by atoms with Gasteiger partial charge in [0.1, 0.15) is 11.5 Å². The maximum absolute atomic E-state index is 12.4. The summed E-state index contributed by atoms with van der Waals surface area (Å²) in [4.78, 5) is 0.210. The van der Waals surface area contributed by atoms with Crippen LogP contribution in [0.4, 0.5) is 0 Å². The fourth-order valence-corrected chi connectivity index (χ4v) is 3.75. The van der Waals surface area contributed by atoms with Crippen LogP contribution in [0.5, 0.6) is 0 Å². The molecule has 0 saturated heterocycles. The summed E-state index contributed by atoms with van der Waals surface area (Å²) in [6.45, 7) is 0. The summed E-state index contributed by atoms with van der Waals surface area (Å²) in [6.07, 6.45) is 0. The first kappa shape index (κ1) is 15.2. The molecule has 3 aromatic carbocycles. The van der Waals surface area contributed by atoms with Crippen LogP contribution in [-0.4, -0.2) is 25.1 Å². The van der Waals surface area contributed by atoms with Crippen molar-refractivity contribution in [2.75, 3.05) is 5.75 Å². The Kier molecular flexibility index (Phi) is 4.12. The van der Waals surface area contributed by atoms with E-state index < -0.39 is 9.84 Å². The SMILES string of the molecule is O=S(=O)(C/C(=N/O)c1ccc2ccccc2c1)c1ccccc1. The molecule has 0 saturated carbocycles. The lowest BCUT2D eigenvalue weighted by Crippen LogP contribution is -2.17. The Morgan fingerprint density at radius 1 is 0.870 bits per heavy atom. The van der Waals surface area contributed by atoms with Crippen LogP contribution in [0.25, 0.3) is 10.8 Å². The van der Waals surface area contributed by atoms with Gasteiger partial charge in [0, 0.05) is 5.56 Å². The van der Waals surface area contributed by atoms with E-state index in [2.05, 4.69) is 5.16 Å². The average Bonchev–Trinajstić information content (AvgIpc) is 2.60. The topological polar surface area (TPSA) is 66.7 Å². The zero-order valence-electron chi connectivity index (χ0n) is 12.3. The van der Waals surface area contributed by atoms with Gasteiger partial charge in [-0.2, -0.15) is 0 Å². The molecule has 0 aliphatic rings. The van der Waals surface area contributed by atoms with Gasteiger partial charge in [0.05, 0.1) is 4.90 Å². The third kappa shape index (κ3) is 3.24. The lowest BCUT2D eigenvalue weighted by Gasteiger charge is -2.08. The molecule has 0 aromatic heterocycles. The molecule has 116 valence electrons. The van der Waals surface area contributed by atoms with Crippen LogP contribution in [0, 0.1) is 0 Å². The Labute approximate surface area is 134 Å². The number of sulfone groups is 1. The standard InChI is InChI=1S/C18H15NO3S/c20-19-18(13-23(21,22)17-8-2-1-3-9-17)16-11-10-14-6-4-5-7-15(14)12-16/h1-12,20H,13H2/b19-18-. The van der Waals surface area contributed by atoms with Gasteiger partial charge in [-0.3, -0.25) is 0 Å². The van der Waals surface area contributed by atoms with E-state index in [9.17, 15) is 13.6 Å². The second kappa shape index (κ2) is 6.22. The molecule has 0 amide bonds. The Hall–Kier alpha value is -2.66. The lowest BCUT2D eigenvalue weighted by atomic mass is 10.0. The molecule has 0 fully saturated rings. The zero-order chi connectivity index (χ0) is 16.3. The van der Waals surface area contributed by atoms with Crippen molar-refractivity contribution in [3.63, 3.8) is 0 Å². The van der Waals surface area contributed by atoms with Crippen LogP contribution >= 0.6 is 0 Å². The van der Waals surface area contributed by atoms with E-state index in [-0.39, 0.29) is 16.4 Å². The van der Waals surface area contributed by atoms with Crippen molar-refractivity contribution in [3.8, 4) is 0 Å². The van der Waals surface area contributed by atoms with Crippen molar-refractivity contribution in [3.05, 3.63) is 78.4 Å². The first-order valence-corrected chi connectivity index (χ1v) is 8.73. The smallest absolute Gasteiger partial charge is 0.184 e. The number of benzene rings is 3. The lowest BCUT2D eigenvalue weighted by molar-refractivity contribution is 0.319. The van der Waals surface area contributed by atoms with Gasteiger partial charge in [-0.1, -0.05) is 59.8 Å². The first-order chi connectivity index (χ1) is 11.1. The Balaban J connectivity index is 1.96. The van der Waals surface area contributed by atoms with E-state index in [0.29, 0.717) is 5.56 Å². The van der Waals surface area contributed by atoms with E-state index in [1.165, 1.54) is 12.1 Å². The number of rotatable bonds is 4. The van der Waals surface area contributed by atoms with Crippen LogP contribution in [-0.2, 0) is 9.84 Å². The van der Waals surface area contributed by atoms with Crippen molar-refractivity contribution in [1.82, 2.24) is 0 Å². The minimum Gasteiger partial charge on any atom is -0.411 e. The van der Waals surface area contributed by atoms with Crippen LogP contribution in [0.1, 0.15) is 5.56 Å². The molecular formula is C18H15NO3S. The Bertz CT molecular complexity index is 964. The van der Waals surface area contributed by atoms with Crippen LogP contribution < -0.4 is 0 Å². The Morgan fingerprint density at radius 3 is 2.22 bits per heavy atom. The second-order valence-corrected chi connectivity index (χ2v) is 7.17. The quantitative estimate of drug-likeness (QED) is 0.453. The van der Waals surface area contributed by atoms with Crippen molar-refractivity contribution >= 4 is 26.3 Å². The maximum Gasteiger partial charge on any atom is 0.184 e. The predicted octanol–water partition coefficient (Wildman–Crippen LogP) is 3.49. The van der Waals surface area contributed by atoms with Crippen molar-refractivity contribution in [1.29, 1.82) is 0 Å². The molecule has 1 N–H and O–H groups in total. The molecule has 3 rings (SSSR count). The largest absolute Gasteiger partial charge is 0.411 e. The van der Waals surface area contributed by atoms with Gasteiger partial charge in [0.25, 0.3) is 0 Å². The summed E-state index contributed by atoms with van der Waals surface area (Å²) >= 11 is 0. The fraction of sp³-hybridized carbons (Fsp3) is 0.0556. The summed E-state index contributed by atoms with van der Waals surface area (Å²) < 4.78 is 24.9. The Morgan fingerprint density at radius 2 is 1.52 bits per heavy atom. The molecule has 0 bridgehead atoms. The summed E-state index contributed by atoms with van der Waals surface area (Å²) in [5.41, 5.74) is 0.713. The van der Waals surface area contributed by atoms with Crippen molar-refractivity contribution < 1.29 is 13.6 Å². The minimum atomic E-state index is -3.56. The highest BCUT2D eigenvalue weighted by Gasteiger charge is 2.19. The molecule has 0 unspecified atom stereocenters. The van der Waals surface area contributed by atoms with Gasteiger partial charge in [0.2, 0.25) is 0 Å². The second-order valence-electron chi connectivity index (χ2n) is 5.18. The van der Waals surface area contributed by atoms with Gasteiger partial charge in [-0.25, -0.2) is 8.42 Å². The van der Waals surface area contributed by atoms with Gasteiger partial charge in [0.15, 0.2) is 9.84 Å². The molecule has 0 radical (unpaired) electrons. The van der Waals surface area contributed by atoms with Crippen LogP contribution in [0.15, 0.2) is 82.8 Å². The monoisotopic (exact) mass is 325 g/mol. The van der Waals surface area contributed by atoms with Gasteiger partial charge in [-0.05, 0) is 29.0 Å². The summed E-state index contributed by atoms with van der Waals surface area (Å²) in [7, 11) is -3.56. The third-order valence-electron chi connectivity index (χ3n) is 3.63. The highest BCUT2D eigenvalue weighted by atomic mass is 32.2. The van der Waals surface area contributed by atoms with Crippen molar-refractivity contribution in [2.45, 2.75) is 4.90 Å². The molecular weight excluding hydrogens is 310 g/mol. The van der Waals surface area contributed by atoms with Crippen LogP contribution in [0.2, 0.25) is 0 Å². The number of oxime groups is 1. The van der Waals surface area contributed by atoms with E-state index in [1.54, 1.807) is 24.3 Å². The summed E-state index contributed by atoms with van der Waals surface area (Å²) in [5.74, 6) is -0.355. The first-order valence-electron chi connectivity index (χ1n) is 7.08. The van der Waals surface area contributed by atoms with Gasteiger partial charge >= 0.3 is 0 Å². The number of hydrogen-bond acceptors (Lipinski definition) is 4. The molecule has 4 nitrogen and oxygen atoms in total. The van der Waals surface area contributed by atoms with Gasteiger partial charge < -0.3 is 5.21 Å². The molecule has 0 spiro atoms. The molecule has 23 heavy (non-hydrogen) atoms. The molecule has 5 heteroatoms. The van der Waals surface area contributed by atoms with E-state index in [4.69, 9.17) is 0 Å². The number of nitrogens with zero attached hydrogens (tertiary/aromatic N) is 1. The zero-order valence-corrected chi connectivity index (χ0v) is 13.1. The summed E-state index contributed by atoms with van der Waals surface area (Å²) in [6, 6.07) is 21.4. The molecule has 0 atom stereocenters. The third-order valence-corrected chi connectivity index (χ3v) is 5.28. The number of fused-ring (bicyclic) bond motifs is 1. The van der Waals surface area contributed by atoms with Crippen molar-refractivity contribution in [2.24, 2.45) is 5.16 Å². The highest BCUT2D eigenvalue weighted by molar-refractivity contribution is 7.92. The molecule has 0 aliphatic carbocycles. The average molecular weight is 325 g/mol. The molecule has 0 aliphatic heterocycles. The minimum absolute atomic E-state index is 0.125. The normalized spacial score (nSPS) is 12.4. The molecule has 3 aromatic rings. The highest BCUT2D eigenvalue weighted by Crippen LogP contribution is 2.18.